The number of hydrogen-bond donors (Lipinski definition) is 2. The van der Waals surface area contributed by atoms with Crippen molar-refractivity contribution in [3.8, 4) is 21.9 Å². The van der Waals surface area contributed by atoms with E-state index in [1.54, 1.807) is 18.3 Å². The Balaban J connectivity index is 1.09. The number of benzene rings is 2. The van der Waals surface area contributed by atoms with Crippen LogP contribution in [0.2, 0.25) is 0 Å². The number of nitrogens with one attached hydrogen (secondary N) is 2. The molecule has 0 aliphatic carbocycles. The van der Waals surface area contributed by atoms with E-state index in [1.807, 2.05) is 53.5 Å². The van der Waals surface area contributed by atoms with Gasteiger partial charge in [0.15, 0.2) is 16.7 Å². The predicted octanol–water partition coefficient (Wildman–Crippen LogP) is 5.48. The van der Waals surface area contributed by atoms with E-state index in [0.717, 1.165) is 65.6 Å². The topological polar surface area (TPSA) is 93.5 Å². The van der Waals surface area contributed by atoms with E-state index in [9.17, 15) is 4.79 Å². The van der Waals surface area contributed by atoms with Crippen LogP contribution in [0.4, 0.5) is 10.1 Å². The summed E-state index contributed by atoms with van der Waals surface area (Å²) in [5.41, 5.74) is 3.00. The summed E-state index contributed by atoms with van der Waals surface area (Å²) in [6, 6.07) is 17.5. The normalized spacial score (nSPS) is 13.6. The molecule has 9 nitrogen and oxygen atoms in total. The van der Waals surface area contributed by atoms with Gasteiger partial charge in [0, 0.05) is 60.3 Å². The molecule has 1 aliphatic rings. The minimum atomic E-state index is -0.577. The number of thiophene rings is 1. The zero-order valence-corrected chi connectivity index (χ0v) is 24.8. The number of pyridine rings is 1. The maximum absolute atomic E-state index is 15.1. The highest BCUT2D eigenvalue weighted by Gasteiger charge is 2.15. The number of nitrogens with zero attached hydrogens (tertiary/aromatic N) is 4. The molecular formula is C31H29FN6O3S2. The third kappa shape index (κ3) is 7.41. The SMILES string of the molecule is O=C(Cc1ccccc1)NC(=S)Nc1ccc(Oc2ccnc3cc(-c4cnn(CCN5CCOCC5)c4)sc23)c(F)c1. The number of anilines is 1. The van der Waals surface area contributed by atoms with E-state index in [-0.39, 0.29) is 23.2 Å². The van der Waals surface area contributed by atoms with E-state index in [1.165, 1.54) is 23.5 Å². The molecule has 0 bridgehead atoms. The Morgan fingerprint density at radius 1 is 1.07 bits per heavy atom. The van der Waals surface area contributed by atoms with Crippen molar-refractivity contribution in [3.05, 3.63) is 90.6 Å². The van der Waals surface area contributed by atoms with Gasteiger partial charge >= 0.3 is 0 Å². The third-order valence-corrected chi connectivity index (χ3v) is 8.30. The van der Waals surface area contributed by atoms with Crippen molar-refractivity contribution in [2.24, 2.45) is 0 Å². The average Bonchev–Trinajstić information content (AvgIpc) is 3.66. The van der Waals surface area contributed by atoms with Crippen molar-refractivity contribution in [2.45, 2.75) is 13.0 Å². The molecule has 4 heterocycles. The van der Waals surface area contributed by atoms with Gasteiger partial charge in [-0.1, -0.05) is 30.3 Å². The summed E-state index contributed by atoms with van der Waals surface area (Å²) in [5.74, 6) is -0.277. The van der Waals surface area contributed by atoms with Crippen LogP contribution in [-0.2, 0) is 22.5 Å². The van der Waals surface area contributed by atoms with Gasteiger partial charge in [-0.3, -0.25) is 19.4 Å². The van der Waals surface area contributed by atoms with Crippen LogP contribution in [-0.4, -0.2) is 63.5 Å². The lowest BCUT2D eigenvalue weighted by molar-refractivity contribution is -0.119. The number of ether oxygens (including phenoxy) is 2. The largest absolute Gasteiger partial charge is 0.453 e. The highest BCUT2D eigenvalue weighted by molar-refractivity contribution is 7.80. The zero-order chi connectivity index (χ0) is 29.6. The molecule has 0 radical (unpaired) electrons. The number of carbonyl (C=O) groups excluding carboxylic acids is 1. The fourth-order valence-corrected chi connectivity index (χ4v) is 5.99. The van der Waals surface area contributed by atoms with E-state index in [2.05, 4.69) is 25.6 Å². The lowest BCUT2D eigenvalue weighted by Crippen LogP contribution is -2.38. The summed E-state index contributed by atoms with van der Waals surface area (Å²) in [6.07, 6.45) is 5.71. The van der Waals surface area contributed by atoms with Crippen molar-refractivity contribution in [1.29, 1.82) is 0 Å². The first-order valence-electron chi connectivity index (χ1n) is 13.8. The van der Waals surface area contributed by atoms with E-state index >= 15 is 4.39 Å². The number of halogens is 1. The van der Waals surface area contributed by atoms with Gasteiger partial charge < -0.3 is 20.1 Å². The van der Waals surface area contributed by atoms with Crippen LogP contribution in [0.25, 0.3) is 20.7 Å². The Kier molecular flexibility index (Phi) is 8.99. The second kappa shape index (κ2) is 13.4. The number of fused-ring (bicyclic) bond motifs is 1. The smallest absolute Gasteiger partial charge is 0.230 e. The van der Waals surface area contributed by atoms with Crippen LogP contribution in [0.3, 0.4) is 0 Å². The number of hydrogen-bond acceptors (Lipinski definition) is 8. The summed E-state index contributed by atoms with van der Waals surface area (Å²) in [4.78, 5) is 20.1. The third-order valence-electron chi connectivity index (χ3n) is 6.91. The second-order valence-electron chi connectivity index (χ2n) is 9.99. The fraction of sp³-hybridized carbons (Fsp3) is 0.226. The molecule has 0 atom stereocenters. The molecular weight excluding hydrogens is 588 g/mol. The second-order valence-corrected chi connectivity index (χ2v) is 11.5. The van der Waals surface area contributed by atoms with Crippen molar-refractivity contribution in [2.75, 3.05) is 38.2 Å². The first-order chi connectivity index (χ1) is 21.0. The highest BCUT2D eigenvalue weighted by atomic mass is 32.1. The minimum absolute atomic E-state index is 0.0583. The molecule has 1 fully saturated rings. The first-order valence-corrected chi connectivity index (χ1v) is 15.1. The maximum Gasteiger partial charge on any atom is 0.230 e. The molecule has 1 aliphatic heterocycles. The Labute approximate surface area is 257 Å². The maximum atomic E-state index is 15.1. The van der Waals surface area contributed by atoms with E-state index in [0.29, 0.717) is 11.4 Å². The predicted molar refractivity (Wildman–Crippen MR) is 169 cm³/mol. The standard InChI is InChI=1S/C31H29FN6O3S2/c32-24-17-23(35-31(42)36-29(39)16-21-4-2-1-3-5-21)6-7-26(24)41-27-8-9-33-25-18-28(43-30(25)27)22-19-34-38(20-22)11-10-37-12-14-40-15-13-37/h1-9,17-20H,10-16H2,(H2,35,36,39,42). The molecule has 3 aromatic heterocycles. The molecule has 0 spiro atoms. The molecule has 0 saturated carbocycles. The van der Waals surface area contributed by atoms with Crippen LogP contribution in [0, 0.1) is 5.82 Å². The number of carbonyl (C=O) groups is 1. The van der Waals surface area contributed by atoms with Gasteiger partial charge in [-0.25, -0.2) is 4.39 Å². The summed E-state index contributed by atoms with van der Waals surface area (Å²) in [6.45, 7) is 5.16. The van der Waals surface area contributed by atoms with Gasteiger partial charge in [0.1, 0.15) is 5.75 Å². The minimum Gasteiger partial charge on any atom is -0.453 e. The summed E-state index contributed by atoms with van der Waals surface area (Å²) < 4.78 is 29.3. The lowest BCUT2D eigenvalue weighted by atomic mass is 10.1. The number of morpholine rings is 1. The number of amides is 1. The van der Waals surface area contributed by atoms with E-state index < -0.39 is 5.82 Å². The summed E-state index contributed by atoms with van der Waals surface area (Å²) in [7, 11) is 0. The fourth-order valence-electron chi connectivity index (χ4n) is 4.71. The molecule has 2 N–H and O–H groups in total. The Hall–Kier alpha value is -4.23. The zero-order valence-electron chi connectivity index (χ0n) is 23.2. The Morgan fingerprint density at radius 2 is 1.91 bits per heavy atom. The van der Waals surface area contributed by atoms with Gasteiger partial charge in [-0.2, -0.15) is 5.10 Å². The molecule has 2 aromatic carbocycles. The molecule has 5 aromatic rings. The average molecular weight is 617 g/mol. The first kappa shape index (κ1) is 28.9. The number of rotatable bonds is 9. The van der Waals surface area contributed by atoms with Gasteiger partial charge in [0.05, 0.1) is 42.6 Å². The Morgan fingerprint density at radius 3 is 2.72 bits per heavy atom. The van der Waals surface area contributed by atoms with Crippen molar-refractivity contribution >= 4 is 50.5 Å². The molecule has 0 unspecified atom stereocenters. The highest BCUT2D eigenvalue weighted by Crippen LogP contribution is 2.39. The molecule has 1 saturated heterocycles. The molecule has 43 heavy (non-hydrogen) atoms. The van der Waals surface area contributed by atoms with Crippen molar-refractivity contribution in [3.63, 3.8) is 0 Å². The molecule has 220 valence electrons. The van der Waals surface area contributed by atoms with Gasteiger partial charge in [-0.05, 0) is 36.0 Å². The van der Waals surface area contributed by atoms with Crippen molar-refractivity contribution < 1.29 is 18.7 Å². The Bertz CT molecular complexity index is 1740. The van der Waals surface area contributed by atoms with Gasteiger partial charge in [-0.15, -0.1) is 11.3 Å². The van der Waals surface area contributed by atoms with E-state index in [4.69, 9.17) is 21.7 Å². The summed E-state index contributed by atoms with van der Waals surface area (Å²) >= 11 is 6.76. The van der Waals surface area contributed by atoms with Crippen LogP contribution >= 0.6 is 23.6 Å². The number of thiocarbonyl (C=S) groups is 1. The van der Waals surface area contributed by atoms with Crippen molar-refractivity contribution in [1.82, 2.24) is 25.0 Å². The molecule has 12 heteroatoms. The van der Waals surface area contributed by atoms with Gasteiger partial charge in [0.2, 0.25) is 5.91 Å². The summed E-state index contributed by atoms with van der Waals surface area (Å²) in [5, 5.41) is 10.1. The monoisotopic (exact) mass is 616 g/mol. The quantitative estimate of drug-likeness (QED) is 0.211. The van der Waals surface area contributed by atoms with Crippen LogP contribution < -0.4 is 15.4 Å². The lowest BCUT2D eigenvalue weighted by Gasteiger charge is -2.26. The van der Waals surface area contributed by atoms with Gasteiger partial charge in [0.25, 0.3) is 0 Å². The van der Waals surface area contributed by atoms with Crippen LogP contribution in [0.5, 0.6) is 11.5 Å². The van der Waals surface area contributed by atoms with Crippen LogP contribution in [0.1, 0.15) is 5.56 Å². The number of aromatic nitrogens is 3. The molecule has 1 amide bonds. The van der Waals surface area contributed by atoms with Crippen LogP contribution in [0.15, 0.2) is 79.3 Å². The molecule has 6 rings (SSSR count).